The summed E-state index contributed by atoms with van der Waals surface area (Å²) in [6.07, 6.45) is 1.34. The van der Waals surface area contributed by atoms with Gasteiger partial charge < -0.3 is 19.7 Å². The fourth-order valence-electron chi connectivity index (χ4n) is 2.55. The average molecular weight is 320 g/mol. The molecule has 1 heterocycles. The molecule has 1 saturated heterocycles. The van der Waals surface area contributed by atoms with E-state index in [0.717, 1.165) is 24.3 Å². The van der Waals surface area contributed by atoms with Crippen LogP contribution in [-0.2, 0) is 14.3 Å². The highest BCUT2D eigenvalue weighted by molar-refractivity contribution is 5.91. The number of benzene rings is 1. The fourth-order valence-corrected chi connectivity index (χ4v) is 2.55. The van der Waals surface area contributed by atoms with Gasteiger partial charge in [-0.1, -0.05) is 0 Å². The van der Waals surface area contributed by atoms with E-state index < -0.39 is 0 Å². The first-order valence-electron chi connectivity index (χ1n) is 8.02. The number of carbonyl (C=O) groups is 2. The van der Waals surface area contributed by atoms with E-state index in [1.165, 1.54) is 6.92 Å². The number of amides is 2. The van der Waals surface area contributed by atoms with Crippen LogP contribution in [0.4, 0.5) is 5.69 Å². The van der Waals surface area contributed by atoms with E-state index in [1.807, 2.05) is 31.2 Å². The van der Waals surface area contributed by atoms with Crippen LogP contribution in [0.15, 0.2) is 24.3 Å². The maximum atomic E-state index is 11.9. The number of nitrogens with zero attached hydrogens (tertiary/aromatic N) is 1. The van der Waals surface area contributed by atoms with Crippen LogP contribution in [0, 0.1) is 0 Å². The van der Waals surface area contributed by atoms with E-state index >= 15 is 0 Å². The molecule has 0 bridgehead atoms. The molecule has 1 aliphatic rings. The normalized spacial score (nSPS) is 16.9. The third-order valence-electron chi connectivity index (χ3n) is 3.70. The van der Waals surface area contributed by atoms with E-state index in [4.69, 9.17) is 9.47 Å². The van der Waals surface area contributed by atoms with Crippen LogP contribution >= 0.6 is 0 Å². The van der Waals surface area contributed by atoms with Crippen molar-refractivity contribution >= 4 is 17.5 Å². The Morgan fingerprint density at radius 1 is 1.35 bits per heavy atom. The van der Waals surface area contributed by atoms with Crippen molar-refractivity contribution in [3.63, 3.8) is 0 Å². The first-order valence-corrected chi connectivity index (χ1v) is 8.02. The molecule has 1 aromatic carbocycles. The molecular weight excluding hydrogens is 296 g/mol. The monoisotopic (exact) mass is 320 g/mol. The van der Waals surface area contributed by atoms with Gasteiger partial charge in [-0.2, -0.15) is 0 Å². The highest BCUT2D eigenvalue weighted by atomic mass is 16.5. The van der Waals surface area contributed by atoms with Crippen molar-refractivity contribution in [3.05, 3.63) is 24.3 Å². The molecule has 0 spiro atoms. The van der Waals surface area contributed by atoms with Crippen molar-refractivity contribution in [2.45, 2.75) is 32.8 Å². The summed E-state index contributed by atoms with van der Waals surface area (Å²) in [6.45, 7) is 5.49. The quantitative estimate of drug-likeness (QED) is 0.831. The summed E-state index contributed by atoms with van der Waals surface area (Å²) in [5, 5.41) is 2.83. The van der Waals surface area contributed by atoms with Gasteiger partial charge in [0, 0.05) is 32.3 Å². The second-order valence-corrected chi connectivity index (χ2v) is 5.39. The Morgan fingerprint density at radius 3 is 2.65 bits per heavy atom. The largest absolute Gasteiger partial charge is 0.494 e. The lowest BCUT2D eigenvalue weighted by Crippen LogP contribution is -2.41. The Labute approximate surface area is 136 Å². The van der Waals surface area contributed by atoms with Crippen molar-refractivity contribution in [1.82, 2.24) is 5.32 Å². The lowest BCUT2D eigenvalue weighted by atomic mass is 10.2. The summed E-state index contributed by atoms with van der Waals surface area (Å²) >= 11 is 0. The third-order valence-corrected chi connectivity index (χ3v) is 3.70. The molecule has 0 aliphatic carbocycles. The summed E-state index contributed by atoms with van der Waals surface area (Å²) in [5.74, 6) is 0.602. The number of carbonyl (C=O) groups excluding carboxylic acids is 2. The van der Waals surface area contributed by atoms with Gasteiger partial charge in [-0.15, -0.1) is 0 Å². The van der Waals surface area contributed by atoms with Gasteiger partial charge in [-0.05, 0) is 44.0 Å². The molecule has 1 N–H and O–H groups in total. The van der Waals surface area contributed by atoms with E-state index in [9.17, 15) is 9.59 Å². The van der Waals surface area contributed by atoms with Crippen LogP contribution in [0.25, 0.3) is 0 Å². The Kier molecular flexibility index (Phi) is 6.40. The van der Waals surface area contributed by atoms with Crippen LogP contribution in [-0.4, -0.2) is 44.2 Å². The standard InChI is InChI=1S/C17H24N2O4/c1-3-22-15-8-6-14(7-9-15)19(13(2)20)11-10-18-17(21)16-5-4-12-23-16/h6-9,16H,3-5,10-12H2,1-2H3,(H,18,21). The van der Waals surface area contributed by atoms with Crippen LogP contribution in [0.5, 0.6) is 5.75 Å². The SMILES string of the molecule is CCOc1ccc(N(CCNC(=O)C2CCCO2)C(C)=O)cc1. The molecule has 6 heteroatoms. The Balaban J connectivity index is 1.88. The molecule has 1 aliphatic heterocycles. The van der Waals surface area contributed by atoms with Crippen LogP contribution < -0.4 is 15.0 Å². The molecule has 2 amide bonds. The van der Waals surface area contributed by atoms with Crippen molar-refractivity contribution in [1.29, 1.82) is 0 Å². The van der Waals surface area contributed by atoms with Gasteiger partial charge in [0.1, 0.15) is 11.9 Å². The van der Waals surface area contributed by atoms with Crippen molar-refractivity contribution in [3.8, 4) is 5.75 Å². The lowest BCUT2D eigenvalue weighted by molar-refractivity contribution is -0.130. The first kappa shape index (κ1) is 17.3. The number of anilines is 1. The minimum atomic E-state index is -0.341. The maximum absolute atomic E-state index is 11.9. The van der Waals surface area contributed by atoms with E-state index in [-0.39, 0.29) is 17.9 Å². The minimum Gasteiger partial charge on any atom is -0.494 e. The predicted octanol–water partition coefficient (Wildman–Crippen LogP) is 1.73. The number of ether oxygens (including phenoxy) is 2. The topological polar surface area (TPSA) is 67.9 Å². The van der Waals surface area contributed by atoms with Gasteiger partial charge in [0.05, 0.1) is 6.61 Å². The summed E-state index contributed by atoms with van der Waals surface area (Å²) in [4.78, 5) is 25.4. The first-order chi connectivity index (χ1) is 11.1. The van der Waals surface area contributed by atoms with Crippen LogP contribution in [0.1, 0.15) is 26.7 Å². The smallest absolute Gasteiger partial charge is 0.249 e. The second kappa shape index (κ2) is 8.53. The van der Waals surface area contributed by atoms with Crippen LogP contribution in [0.2, 0.25) is 0 Å². The highest BCUT2D eigenvalue weighted by Gasteiger charge is 2.23. The zero-order valence-electron chi connectivity index (χ0n) is 13.7. The number of rotatable bonds is 7. The molecule has 6 nitrogen and oxygen atoms in total. The van der Waals surface area contributed by atoms with Crippen LogP contribution in [0.3, 0.4) is 0 Å². The molecule has 0 aromatic heterocycles. The third kappa shape index (κ3) is 4.96. The van der Waals surface area contributed by atoms with Crippen molar-refractivity contribution in [2.75, 3.05) is 31.2 Å². The second-order valence-electron chi connectivity index (χ2n) is 5.39. The molecule has 1 unspecified atom stereocenters. The molecule has 0 saturated carbocycles. The molecule has 0 radical (unpaired) electrons. The zero-order valence-corrected chi connectivity index (χ0v) is 13.7. The maximum Gasteiger partial charge on any atom is 0.249 e. The summed E-state index contributed by atoms with van der Waals surface area (Å²) in [5.41, 5.74) is 0.785. The number of nitrogens with one attached hydrogen (secondary N) is 1. The predicted molar refractivity (Wildman–Crippen MR) is 87.6 cm³/mol. The number of hydrogen-bond donors (Lipinski definition) is 1. The summed E-state index contributed by atoms with van der Waals surface area (Å²) in [7, 11) is 0. The molecule has 1 atom stereocenters. The Morgan fingerprint density at radius 2 is 2.09 bits per heavy atom. The van der Waals surface area contributed by atoms with E-state index in [1.54, 1.807) is 4.90 Å². The zero-order chi connectivity index (χ0) is 16.7. The molecule has 1 fully saturated rings. The van der Waals surface area contributed by atoms with Gasteiger partial charge >= 0.3 is 0 Å². The van der Waals surface area contributed by atoms with Gasteiger partial charge in [0.25, 0.3) is 0 Å². The fraction of sp³-hybridized carbons (Fsp3) is 0.529. The van der Waals surface area contributed by atoms with Gasteiger partial charge in [0.15, 0.2) is 0 Å². The Bertz CT molecular complexity index is 524. The minimum absolute atomic E-state index is 0.0690. The van der Waals surface area contributed by atoms with E-state index in [2.05, 4.69) is 5.32 Å². The summed E-state index contributed by atoms with van der Waals surface area (Å²) in [6, 6.07) is 7.35. The van der Waals surface area contributed by atoms with Gasteiger partial charge in [-0.25, -0.2) is 0 Å². The molecule has 23 heavy (non-hydrogen) atoms. The molecule has 2 rings (SSSR count). The molecule has 126 valence electrons. The van der Waals surface area contributed by atoms with Gasteiger partial charge in [-0.3, -0.25) is 9.59 Å². The molecule has 1 aromatic rings. The average Bonchev–Trinajstić information content (AvgIpc) is 3.07. The lowest BCUT2D eigenvalue weighted by Gasteiger charge is -2.22. The van der Waals surface area contributed by atoms with Crippen molar-refractivity contribution < 1.29 is 19.1 Å². The Hall–Kier alpha value is -2.08. The molecular formula is C17H24N2O4. The summed E-state index contributed by atoms with van der Waals surface area (Å²) < 4.78 is 10.7. The van der Waals surface area contributed by atoms with E-state index in [0.29, 0.717) is 26.3 Å². The van der Waals surface area contributed by atoms with Gasteiger partial charge in [0.2, 0.25) is 11.8 Å². The number of hydrogen-bond acceptors (Lipinski definition) is 4. The van der Waals surface area contributed by atoms with Crippen molar-refractivity contribution in [2.24, 2.45) is 0 Å². The highest BCUT2D eigenvalue weighted by Crippen LogP contribution is 2.19.